The topological polar surface area (TPSA) is 102 Å². The lowest BCUT2D eigenvalue weighted by atomic mass is 10.1. The van der Waals surface area contributed by atoms with Gasteiger partial charge in [0.2, 0.25) is 5.91 Å². The zero-order chi connectivity index (χ0) is 23.8. The van der Waals surface area contributed by atoms with E-state index in [2.05, 4.69) is 4.98 Å². The minimum Gasteiger partial charge on any atom is -0.368 e. The fourth-order valence-corrected chi connectivity index (χ4v) is 3.71. The van der Waals surface area contributed by atoms with Crippen molar-refractivity contribution in [1.29, 1.82) is 0 Å². The van der Waals surface area contributed by atoms with E-state index in [0.717, 1.165) is 16.7 Å². The smallest absolute Gasteiger partial charge is 0.368 e. The lowest BCUT2D eigenvalue weighted by molar-refractivity contribution is -0.384. The first-order valence-corrected chi connectivity index (χ1v) is 9.97. The van der Waals surface area contributed by atoms with E-state index >= 15 is 0 Å². The Bertz CT molecular complexity index is 1280. The van der Waals surface area contributed by atoms with Gasteiger partial charge in [-0.25, -0.2) is 4.98 Å². The van der Waals surface area contributed by atoms with Gasteiger partial charge in [0.1, 0.15) is 6.54 Å². The summed E-state index contributed by atoms with van der Waals surface area (Å²) in [7, 11) is 0. The number of fused-ring (bicyclic) bond motifs is 1. The van der Waals surface area contributed by atoms with Crippen LogP contribution in [0.2, 0.25) is 0 Å². The van der Waals surface area contributed by atoms with Crippen molar-refractivity contribution in [3.8, 4) is 0 Å². The Morgan fingerprint density at radius 1 is 1.09 bits per heavy atom. The molecular formula is C21H18F3N5O4. The number of nitrogens with zero attached hydrogens (tertiary/aromatic N) is 5. The first-order valence-electron chi connectivity index (χ1n) is 9.97. The number of nitro benzene ring substituents is 1. The van der Waals surface area contributed by atoms with E-state index in [9.17, 15) is 32.9 Å². The highest BCUT2D eigenvalue weighted by molar-refractivity contribution is 5.81. The second-order valence-corrected chi connectivity index (χ2v) is 7.55. The highest BCUT2D eigenvalue weighted by Crippen LogP contribution is 2.31. The van der Waals surface area contributed by atoms with Crippen LogP contribution < -0.4 is 10.5 Å². The number of alkyl halides is 3. The van der Waals surface area contributed by atoms with E-state index < -0.39 is 22.2 Å². The Hall–Kier alpha value is -3.96. The van der Waals surface area contributed by atoms with Crippen molar-refractivity contribution < 1.29 is 22.9 Å². The van der Waals surface area contributed by atoms with Crippen LogP contribution in [0.25, 0.3) is 10.9 Å². The van der Waals surface area contributed by atoms with Gasteiger partial charge in [-0.3, -0.25) is 24.3 Å². The summed E-state index contributed by atoms with van der Waals surface area (Å²) in [5.41, 5.74) is -0.826. The van der Waals surface area contributed by atoms with Crippen molar-refractivity contribution in [3.63, 3.8) is 0 Å². The van der Waals surface area contributed by atoms with Crippen molar-refractivity contribution in [1.82, 2.24) is 14.5 Å². The molecule has 1 amide bonds. The van der Waals surface area contributed by atoms with Crippen LogP contribution in [-0.2, 0) is 17.5 Å². The minimum atomic E-state index is -4.43. The Kier molecular flexibility index (Phi) is 5.75. The quantitative estimate of drug-likeness (QED) is 0.437. The number of non-ortho nitro benzene ring substituents is 1. The number of hydrogen-bond acceptors (Lipinski definition) is 6. The van der Waals surface area contributed by atoms with Crippen LogP contribution in [0.15, 0.2) is 53.6 Å². The van der Waals surface area contributed by atoms with Gasteiger partial charge >= 0.3 is 6.18 Å². The summed E-state index contributed by atoms with van der Waals surface area (Å²) in [4.78, 5) is 43.0. The van der Waals surface area contributed by atoms with Crippen LogP contribution in [0.5, 0.6) is 0 Å². The molecule has 0 spiro atoms. The first kappa shape index (κ1) is 22.2. The number of halogens is 3. The largest absolute Gasteiger partial charge is 0.416 e. The molecule has 0 bridgehead atoms. The number of hydrogen-bond donors (Lipinski definition) is 0. The maximum atomic E-state index is 13.0. The molecule has 3 aromatic rings. The Morgan fingerprint density at radius 3 is 2.48 bits per heavy atom. The number of anilines is 1. The fraction of sp³-hybridized carbons (Fsp3) is 0.286. The molecule has 2 heterocycles. The molecule has 172 valence electrons. The highest BCUT2D eigenvalue weighted by atomic mass is 19.4. The molecular weight excluding hydrogens is 443 g/mol. The molecule has 1 saturated heterocycles. The van der Waals surface area contributed by atoms with E-state index in [1.807, 2.05) is 0 Å². The second kappa shape index (κ2) is 8.52. The summed E-state index contributed by atoms with van der Waals surface area (Å²) < 4.78 is 40.0. The van der Waals surface area contributed by atoms with Gasteiger partial charge in [0, 0.05) is 44.0 Å². The number of rotatable bonds is 4. The summed E-state index contributed by atoms with van der Waals surface area (Å²) >= 11 is 0. The summed E-state index contributed by atoms with van der Waals surface area (Å²) in [5.74, 6) is -0.330. The lowest BCUT2D eigenvalue weighted by Gasteiger charge is -2.36. The van der Waals surface area contributed by atoms with Crippen molar-refractivity contribution in [3.05, 3.63) is 74.8 Å². The normalized spacial score (nSPS) is 14.5. The molecule has 33 heavy (non-hydrogen) atoms. The van der Waals surface area contributed by atoms with Crippen LogP contribution in [0.4, 0.5) is 24.5 Å². The number of carbonyl (C=O) groups excluding carboxylic acids is 1. The monoisotopic (exact) mass is 461 g/mol. The molecule has 0 aliphatic carbocycles. The highest BCUT2D eigenvalue weighted by Gasteiger charge is 2.31. The van der Waals surface area contributed by atoms with Crippen LogP contribution in [0.3, 0.4) is 0 Å². The molecule has 1 aromatic heterocycles. The van der Waals surface area contributed by atoms with E-state index in [1.165, 1.54) is 35.5 Å². The van der Waals surface area contributed by atoms with Crippen molar-refractivity contribution >= 4 is 28.2 Å². The van der Waals surface area contributed by atoms with Gasteiger partial charge in [0.05, 0.1) is 27.7 Å². The van der Waals surface area contributed by atoms with Gasteiger partial charge < -0.3 is 9.80 Å². The molecule has 0 unspecified atom stereocenters. The SMILES string of the molecule is O=C(Cn1cnc2cc([N+](=O)[O-])ccc2c1=O)N1CCN(c2cccc(C(F)(F)F)c2)CC1. The van der Waals surface area contributed by atoms with Crippen LogP contribution in [0.1, 0.15) is 5.56 Å². The molecule has 0 N–H and O–H groups in total. The van der Waals surface area contributed by atoms with Gasteiger partial charge in [0.25, 0.3) is 11.2 Å². The summed E-state index contributed by atoms with van der Waals surface area (Å²) in [6, 6.07) is 8.73. The van der Waals surface area contributed by atoms with Crippen LogP contribution in [-0.4, -0.2) is 51.5 Å². The van der Waals surface area contributed by atoms with E-state index in [1.54, 1.807) is 11.0 Å². The summed E-state index contributed by atoms with van der Waals surface area (Å²) in [6.45, 7) is 1.01. The molecule has 1 aliphatic heterocycles. The average molecular weight is 461 g/mol. The van der Waals surface area contributed by atoms with E-state index in [0.29, 0.717) is 18.8 Å². The molecule has 0 saturated carbocycles. The van der Waals surface area contributed by atoms with Gasteiger partial charge in [0.15, 0.2) is 0 Å². The standard InChI is InChI=1S/C21H18F3N5O4/c22-21(23,24)14-2-1-3-15(10-14)26-6-8-27(9-7-26)19(30)12-28-13-25-18-11-16(29(32)33)4-5-17(18)20(28)31/h1-5,10-11,13H,6-9,12H2. The maximum Gasteiger partial charge on any atom is 0.416 e. The number of amides is 1. The number of aromatic nitrogens is 2. The molecule has 4 rings (SSSR count). The molecule has 0 radical (unpaired) electrons. The zero-order valence-corrected chi connectivity index (χ0v) is 17.2. The van der Waals surface area contributed by atoms with Crippen molar-refractivity contribution in [2.45, 2.75) is 12.7 Å². The zero-order valence-electron chi connectivity index (χ0n) is 17.2. The number of carbonyl (C=O) groups is 1. The van der Waals surface area contributed by atoms with Gasteiger partial charge in [-0.05, 0) is 24.3 Å². The third kappa shape index (κ3) is 4.64. The van der Waals surface area contributed by atoms with Crippen LogP contribution in [0, 0.1) is 10.1 Å². The first-order chi connectivity index (χ1) is 15.6. The maximum absolute atomic E-state index is 13.0. The second-order valence-electron chi connectivity index (χ2n) is 7.55. The molecule has 2 aromatic carbocycles. The van der Waals surface area contributed by atoms with E-state index in [-0.39, 0.29) is 42.1 Å². The molecule has 12 heteroatoms. The number of nitro groups is 1. The Morgan fingerprint density at radius 2 is 1.82 bits per heavy atom. The summed E-state index contributed by atoms with van der Waals surface area (Å²) in [5, 5.41) is 11.0. The lowest BCUT2D eigenvalue weighted by Crippen LogP contribution is -2.50. The van der Waals surface area contributed by atoms with Gasteiger partial charge in [-0.1, -0.05) is 6.07 Å². The third-order valence-corrected chi connectivity index (χ3v) is 5.50. The van der Waals surface area contributed by atoms with Crippen LogP contribution >= 0.6 is 0 Å². The van der Waals surface area contributed by atoms with Gasteiger partial charge in [-0.2, -0.15) is 13.2 Å². The Labute approximate surface area is 184 Å². The predicted octanol–water partition coefficient (Wildman–Crippen LogP) is 2.67. The average Bonchev–Trinajstić information content (AvgIpc) is 2.80. The molecule has 0 atom stereocenters. The number of piperazine rings is 1. The molecule has 9 nitrogen and oxygen atoms in total. The fourth-order valence-electron chi connectivity index (χ4n) is 3.71. The number of benzene rings is 2. The predicted molar refractivity (Wildman–Crippen MR) is 113 cm³/mol. The third-order valence-electron chi connectivity index (χ3n) is 5.50. The molecule has 1 aliphatic rings. The van der Waals surface area contributed by atoms with Crippen molar-refractivity contribution in [2.75, 3.05) is 31.1 Å². The Balaban J connectivity index is 1.43. The van der Waals surface area contributed by atoms with Gasteiger partial charge in [-0.15, -0.1) is 0 Å². The molecule has 1 fully saturated rings. The van der Waals surface area contributed by atoms with E-state index in [4.69, 9.17) is 0 Å². The van der Waals surface area contributed by atoms with Crippen molar-refractivity contribution in [2.24, 2.45) is 0 Å². The summed E-state index contributed by atoms with van der Waals surface area (Å²) in [6.07, 6.45) is -3.26. The minimum absolute atomic E-state index is 0.158.